The highest BCUT2D eigenvalue weighted by molar-refractivity contribution is 6.09. The Morgan fingerprint density at radius 1 is 1.03 bits per heavy atom. The van der Waals surface area contributed by atoms with E-state index in [2.05, 4.69) is 4.74 Å². The van der Waals surface area contributed by atoms with E-state index in [1.165, 1.54) is 28.7 Å². The van der Waals surface area contributed by atoms with Crippen LogP contribution in [0.3, 0.4) is 0 Å². The van der Waals surface area contributed by atoms with Crippen molar-refractivity contribution >= 4 is 17.5 Å². The molecule has 2 aromatic carbocycles. The smallest absolute Gasteiger partial charge is 0.406 e. The van der Waals surface area contributed by atoms with E-state index in [1.54, 1.807) is 4.90 Å². The monoisotopic (exact) mass is 404 g/mol. The minimum Gasteiger partial charge on any atom is -0.406 e. The Morgan fingerprint density at radius 3 is 2.55 bits per heavy atom. The molecule has 152 valence electrons. The van der Waals surface area contributed by atoms with Crippen LogP contribution in [0.5, 0.6) is 5.75 Å². The second kappa shape index (κ2) is 7.42. The lowest BCUT2D eigenvalue weighted by molar-refractivity contribution is -0.274. The Morgan fingerprint density at radius 2 is 1.79 bits per heavy atom. The number of fused-ring (bicyclic) bond motifs is 1. The van der Waals surface area contributed by atoms with Crippen molar-refractivity contribution in [2.75, 3.05) is 18.0 Å². The normalized spacial score (nSPS) is 19.3. The van der Waals surface area contributed by atoms with Gasteiger partial charge in [0.15, 0.2) is 0 Å². The maximum atomic E-state index is 13.0. The maximum Gasteiger partial charge on any atom is 0.573 e. The van der Waals surface area contributed by atoms with Gasteiger partial charge in [0, 0.05) is 31.4 Å². The topological polar surface area (TPSA) is 49.9 Å². The Hall–Kier alpha value is -3.03. The molecule has 2 amide bonds. The average Bonchev–Trinajstić information content (AvgIpc) is 3.07. The third-order valence-electron chi connectivity index (χ3n) is 5.31. The molecule has 0 aromatic heterocycles. The number of nitrogens with zero attached hydrogens (tertiary/aromatic N) is 2. The standard InChI is InChI=1S/C21H19F3N2O3/c22-21(23,24)29-17-7-3-6-16(12-17)26-11-9-18(20(26)28)19(27)25-10-8-14-4-1-2-5-15(14)13-25/h1-7,12,18H,8-11,13H2. The Bertz CT molecular complexity index is 945. The second-order valence-corrected chi connectivity index (χ2v) is 7.15. The third kappa shape index (κ3) is 4.06. The van der Waals surface area contributed by atoms with Crippen molar-refractivity contribution in [1.82, 2.24) is 4.90 Å². The minimum absolute atomic E-state index is 0.227. The van der Waals surface area contributed by atoms with Crippen LogP contribution in [0.1, 0.15) is 17.5 Å². The summed E-state index contributed by atoms with van der Waals surface area (Å²) in [6, 6.07) is 13.2. The van der Waals surface area contributed by atoms with Crippen LogP contribution in [0.2, 0.25) is 0 Å². The summed E-state index contributed by atoms with van der Waals surface area (Å²) in [5.41, 5.74) is 2.57. The molecule has 2 aliphatic rings. The number of alkyl halides is 3. The molecule has 2 aromatic rings. The van der Waals surface area contributed by atoms with E-state index in [0.29, 0.717) is 19.5 Å². The van der Waals surface area contributed by atoms with Gasteiger partial charge >= 0.3 is 6.36 Å². The van der Waals surface area contributed by atoms with Crippen LogP contribution in [0.15, 0.2) is 48.5 Å². The highest BCUT2D eigenvalue weighted by Crippen LogP contribution is 2.32. The van der Waals surface area contributed by atoms with Gasteiger partial charge in [-0.2, -0.15) is 0 Å². The number of anilines is 1. The Labute approximate surface area is 165 Å². The molecule has 2 aliphatic heterocycles. The van der Waals surface area contributed by atoms with Crippen LogP contribution in [0.4, 0.5) is 18.9 Å². The molecular weight excluding hydrogens is 385 g/mol. The SMILES string of the molecule is O=C(C1CCN(c2cccc(OC(F)(F)F)c2)C1=O)N1CCc2ccccc2C1. The number of carbonyl (C=O) groups excluding carboxylic acids is 2. The fourth-order valence-corrected chi connectivity index (χ4v) is 3.92. The number of benzene rings is 2. The van der Waals surface area contributed by atoms with Gasteiger partial charge in [-0.3, -0.25) is 9.59 Å². The van der Waals surface area contributed by atoms with Gasteiger partial charge in [0.05, 0.1) is 0 Å². The fourth-order valence-electron chi connectivity index (χ4n) is 3.92. The molecule has 0 radical (unpaired) electrons. The molecular formula is C21H19F3N2O3. The van der Waals surface area contributed by atoms with Gasteiger partial charge < -0.3 is 14.5 Å². The van der Waals surface area contributed by atoms with Crippen molar-refractivity contribution in [3.63, 3.8) is 0 Å². The number of ether oxygens (including phenoxy) is 1. The number of carbonyl (C=O) groups is 2. The quantitative estimate of drug-likeness (QED) is 0.736. The zero-order valence-corrected chi connectivity index (χ0v) is 15.5. The molecule has 1 unspecified atom stereocenters. The molecule has 5 nitrogen and oxygen atoms in total. The summed E-state index contributed by atoms with van der Waals surface area (Å²) in [6.07, 6.45) is -3.74. The number of halogens is 3. The first-order valence-corrected chi connectivity index (χ1v) is 9.34. The van der Waals surface area contributed by atoms with Gasteiger partial charge in [-0.15, -0.1) is 13.2 Å². The molecule has 4 rings (SSSR count). The van der Waals surface area contributed by atoms with E-state index >= 15 is 0 Å². The molecule has 0 N–H and O–H groups in total. The van der Waals surface area contributed by atoms with Crippen molar-refractivity contribution in [3.05, 3.63) is 59.7 Å². The van der Waals surface area contributed by atoms with E-state index in [-0.39, 0.29) is 18.1 Å². The van der Waals surface area contributed by atoms with Crippen molar-refractivity contribution < 1.29 is 27.5 Å². The van der Waals surface area contributed by atoms with Gasteiger partial charge in [-0.05, 0) is 36.1 Å². The average molecular weight is 404 g/mol. The van der Waals surface area contributed by atoms with Crippen LogP contribution >= 0.6 is 0 Å². The molecule has 1 atom stereocenters. The molecule has 0 aliphatic carbocycles. The summed E-state index contributed by atoms with van der Waals surface area (Å²) < 4.78 is 41.3. The van der Waals surface area contributed by atoms with E-state index in [9.17, 15) is 22.8 Å². The van der Waals surface area contributed by atoms with Crippen molar-refractivity contribution in [1.29, 1.82) is 0 Å². The maximum absolute atomic E-state index is 13.0. The molecule has 2 heterocycles. The van der Waals surface area contributed by atoms with E-state index in [0.717, 1.165) is 18.1 Å². The summed E-state index contributed by atoms with van der Waals surface area (Å²) in [7, 11) is 0. The highest BCUT2D eigenvalue weighted by Gasteiger charge is 2.40. The highest BCUT2D eigenvalue weighted by atomic mass is 19.4. The zero-order chi connectivity index (χ0) is 20.6. The first-order valence-electron chi connectivity index (χ1n) is 9.34. The molecule has 1 fully saturated rings. The van der Waals surface area contributed by atoms with Crippen molar-refractivity contribution in [2.45, 2.75) is 25.7 Å². The molecule has 0 bridgehead atoms. The number of rotatable bonds is 3. The molecule has 29 heavy (non-hydrogen) atoms. The van der Waals surface area contributed by atoms with Crippen LogP contribution in [-0.2, 0) is 22.6 Å². The van der Waals surface area contributed by atoms with Gasteiger partial charge in [0.2, 0.25) is 11.8 Å². The molecule has 8 heteroatoms. The minimum atomic E-state index is -4.81. The number of hydrogen-bond donors (Lipinski definition) is 0. The summed E-state index contributed by atoms with van der Waals surface area (Å²) in [6.45, 7) is 1.29. The third-order valence-corrected chi connectivity index (χ3v) is 5.31. The van der Waals surface area contributed by atoms with Crippen LogP contribution in [0, 0.1) is 5.92 Å². The lowest BCUT2D eigenvalue weighted by Crippen LogP contribution is -2.42. The number of amides is 2. The predicted octanol–water partition coefficient (Wildman–Crippen LogP) is 3.52. The lowest BCUT2D eigenvalue weighted by atomic mass is 9.98. The summed E-state index contributed by atoms with van der Waals surface area (Å²) in [4.78, 5) is 28.8. The molecule has 1 saturated heterocycles. The van der Waals surface area contributed by atoms with Gasteiger partial charge in [-0.25, -0.2) is 0 Å². The van der Waals surface area contributed by atoms with Crippen molar-refractivity contribution in [2.24, 2.45) is 5.92 Å². The van der Waals surface area contributed by atoms with E-state index in [1.807, 2.05) is 24.3 Å². The second-order valence-electron chi connectivity index (χ2n) is 7.15. The van der Waals surface area contributed by atoms with Gasteiger partial charge in [0.25, 0.3) is 0 Å². The zero-order valence-electron chi connectivity index (χ0n) is 15.5. The van der Waals surface area contributed by atoms with E-state index in [4.69, 9.17) is 0 Å². The van der Waals surface area contributed by atoms with Gasteiger partial charge in [0.1, 0.15) is 11.7 Å². The summed E-state index contributed by atoms with van der Waals surface area (Å²) in [5, 5.41) is 0. The summed E-state index contributed by atoms with van der Waals surface area (Å²) >= 11 is 0. The Kier molecular flexibility index (Phi) is 4.94. The largest absolute Gasteiger partial charge is 0.573 e. The predicted molar refractivity (Wildman–Crippen MR) is 99.1 cm³/mol. The molecule has 0 spiro atoms. The lowest BCUT2D eigenvalue weighted by Gasteiger charge is -2.30. The van der Waals surface area contributed by atoms with Crippen LogP contribution < -0.4 is 9.64 Å². The van der Waals surface area contributed by atoms with Gasteiger partial charge in [-0.1, -0.05) is 30.3 Å². The van der Waals surface area contributed by atoms with E-state index < -0.39 is 23.9 Å². The Balaban J connectivity index is 1.47. The van der Waals surface area contributed by atoms with Crippen LogP contribution in [-0.4, -0.2) is 36.2 Å². The number of hydrogen-bond acceptors (Lipinski definition) is 3. The first-order chi connectivity index (χ1) is 13.8. The fraction of sp³-hybridized carbons (Fsp3) is 0.333. The van der Waals surface area contributed by atoms with Crippen LogP contribution in [0.25, 0.3) is 0 Å². The molecule has 0 saturated carbocycles. The first kappa shape index (κ1) is 19.3. The van der Waals surface area contributed by atoms with Crippen molar-refractivity contribution in [3.8, 4) is 5.75 Å². The summed E-state index contributed by atoms with van der Waals surface area (Å²) in [5.74, 6) is -1.83.